The van der Waals surface area contributed by atoms with Gasteiger partial charge in [-0.05, 0) is 35.4 Å². The third kappa shape index (κ3) is 4.26. The van der Waals surface area contributed by atoms with Gasteiger partial charge in [0, 0.05) is 18.1 Å². The summed E-state index contributed by atoms with van der Waals surface area (Å²) in [7, 11) is 2.80. The number of halogens is 1. The van der Waals surface area contributed by atoms with Crippen LogP contribution in [0, 0.1) is 5.82 Å². The van der Waals surface area contributed by atoms with Crippen molar-refractivity contribution in [3.05, 3.63) is 69.3 Å². The molecule has 1 amide bonds. The summed E-state index contributed by atoms with van der Waals surface area (Å²) >= 11 is 1.27. The van der Waals surface area contributed by atoms with Gasteiger partial charge < -0.3 is 24.9 Å². The molecule has 1 aliphatic heterocycles. The fourth-order valence-corrected chi connectivity index (χ4v) is 4.37. The number of nitrogens with zero attached hydrogens (tertiary/aromatic N) is 1. The quantitative estimate of drug-likeness (QED) is 0.384. The summed E-state index contributed by atoms with van der Waals surface area (Å²) < 4.78 is 23.5. The monoisotopic (exact) mass is 457 g/mol. The molecule has 4 rings (SSSR count). The summed E-state index contributed by atoms with van der Waals surface area (Å²) in [4.78, 5) is 32.6. The number of methoxy groups -OCH3 is 2. The van der Waals surface area contributed by atoms with Gasteiger partial charge in [0.1, 0.15) is 11.6 Å². The normalized spacial score (nSPS) is 15.1. The minimum absolute atomic E-state index is 0.0247. The molecule has 1 atom stereocenters. The van der Waals surface area contributed by atoms with Gasteiger partial charge in [-0.25, -0.2) is 9.37 Å². The van der Waals surface area contributed by atoms with Crippen molar-refractivity contribution >= 4 is 23.5 Å². The number of rotatable bonds is 6. The number of thioether (sulfide) groups is 1. The van der Waals surface area contributed by atoms with Gasteiger partial charge in [-0.2, -0.15) is 0 Å². The third-order valence-electron chi connectivity index (χ3n) is 5.12. The van der Waals surface area contributed by atoms with Gasteiger partial charge in [-0.3, -0.25) is 9.59 Å². The molecule has 2 aromatic carbocycles. The van der Waals surface area contributed by atoms with Crippen LogP contribution in [0.25, 0.3) is 0 Å². The fourth-order valence-electron chi connectivity index (χ4n) is 3.55. The number of amides is 1. The molecule has 10 heteroatoms. The first kappa shape index (κ1) is 21.7. The van der Waals surface area contributed by atoms with Gasteiger partial charge >= 0.3 is 0 Å². The average molecular weight is 457 g/mol. The number of ether oxygens (including phenoxy) is 2. The standard InChI is InChI=1S/C22H20FN3O5S/c1-30-15-7-12(8-16(31-2)19(15)28)14-9-17(27)24-20-18(14)21(29)26-22(25-20)32-10-11-3-5-13(23)6-4-11/h3-8,14,28H,9-10H2,1-2H3,(H2,24,25,26,27,29)/t14-/m1/s1. The number of carbonyl (C=O) groups is 1. The Labute approximate surface area is 186 Å². The number of aromatic nitrogens is 2. The molecule has 166 valence electrons. The fraction of sp³-hybridized carbons (Fsp3) is 0.227. The molecular formula is C22H20FN3O5S. The summed E-state index contributed by atoms with van der Waals surface area (Å²) in [6.07, 6.45) is 0.0247. The van der Waals surface area contributed by atoms with Gasteiger partial charge in [0.15, 0.2) is 16.7 Å². The van der Waals surface area contributed by atoms with Gasteiger partial charge in [0.25, 0.3) is 5.56 Å². The van der Waals surface area contributed by atoms with E-state index in [2.05, 4.69) is 15.3 Å². The van der Waals surface area contributed by atoms with E-state index in [-0.39, 0.29) is 46.8 Å². The third-order valence-corrected chi connectivity index (χ3v) is 6.07. The maximum absolute atomic E-state index is 13.1. The molecule has 32 heavy (non-hydrogen) atoms. The number of aromatic hydroxyl groups is 1. The second-order valence-electron chi connectivity index (χ2n) is 7.13. The van der Waals surface area contributed by atoms with Crippen LogP contribution < -0.4 is 20.3 Å². The number of phenolic OH excluding ortho intramolecular Hbond substituents is 1. The van der Waals surface area contributed by atoms with Crippen LogP contribution >= 0.6 is 11.8 Å². The molecule has 1 aliphatic rings. The molecule has 0 unspecified atom stereocenters. The zero-order chi connectivity index (χ0) is 22.8. The first-order valence-corrected chi connectivity index (χ1v) is 10.6. The lowest BCUT2D eigenvalue weighted by Crippen LogP contribution is -2.31. The number of phenols is 1. The predicted molar refractivity (Wildman–Crippen MR) is 117 cm³/mol. The molecule has 0 aliphatic carbocycles. The van der Waals surface area contributed by atoms with Gasteiger partial charge in [-0.15, -0.1) is 0 Å². The minimum Gasteiger partial charge on any atom is -0.502 e. The number of nitrogens with one attached hydrogen (secondary N) is 2. The molecule has 3 N–H and O–H groups in total. The van der Waals surface area contributed by atoms with E-state index in [0.29, 0.717) is 22.0 Å². The van der Waals surface area contributed by atoms with Gasteiger partial charge in [0.2, 0.25) is 11.7 Å². The molecule has 0 radical (unpaired) electrons. The molecule has 2 heterocycles. The molecule has 0 fully saturated rings. The molecule has 0 saturated heterocycles. The topological polar surface area (TPSA) is 114 Å². The van der Waals surface area contributed by atoms with E-state index in [1.807, 2.05) is 0 Å². The Morgan fingerprint density at radius 3 is 2.44 bits per heavy atom. The number of benzene rings is 2. The predicted octanol–water partition coefficient (Wildman–Crippen LogP) is 3.40. The summed E-state index contributed by atoms with van der Waals surface area (Å²) in [6.45, 7) is 0. The Bertz CT molecular complexity index is 1200. The van der Waals surface area contributed by atoms with E-state index >= 15 is 0 Å². The van der Waals surface area contributed by atoms with Crippen molar-refractivity contribution < 1.29 is 23.8 Å². The van der Waals surface area contributed by atoms with Crippen molar-refractivity contribution in [3.8, 4) is 17.2 Å². The van der Waals surface area contributed by atoms with E-state index in [0.717, 1.165) is 5.56 Å². The van der Waals surface area contributed by atoms with Crippen LogP contribution in [-0.2, 0) is 10.5 Å². The van der Waals surface area contributed by atoms with E-state index < -0.39 is 5.92 Å². The zero-order valence-corrected chi connectivity index (χ0v) is 18.1. The molecule has 0 spiro atoms. The second kappa shape index (κ2) is 8.91. The largest absolute Gasteiger partial charge is 0.502 e. The Hall–Kier alpha value is -3.53. The SMILES string of the molecule is COc1cc([C@H]2CC(=O)Nc3nc(SCc4ccc(F)cc4)[nH]c(=O)c32)cc(OC)c1O. The highest BCUT2D eigenvalue weighted by molar-refractivity contribution is 7.98. The average Bonchev–Trinajstić information content (AvgIpc) is 2.78. The molecule has 1 aromatic heterocycles. The van der Waals surface area contributed by atoms with Crippen molar-refractivity contribution in [2.24, 2.45) is 0 Å². The molecule has 0 saturated carbocycles. The lowest BCUT2D eigenvalue weighted by atomic mass is 9.86. The Morgan fingerprint density at radius 2 is 1.81 bits per heavy atom. The number of hydrogen-bond donors (Lipinski definition) is 3. The van der Waals surface area contributed by atoms with Crippen LogP contribution in [0.15, 0.2) is 46.3 Å². The first-order chi connectivity index (χ1) is 15.4. The highest BCUT2D eigenvalue weighted by Gasteiger charge is 2.32. The smallest absolute Gasteiger partial charge is 0.257 e. The molecular weight excluding hydrogens is 437 g/mol. The van der Waals surface area contributed by atoms with Crippen LogP contribution in [-0.4, -0.2) is 35.2 Å². The van der Waals surface area contributed by atoms with E-state index in [1.54, 1.807) is 24.3 Å². The maximum atomic E-state index is 13.1. The first-order valence-electron chi connectivity index (χ1n) is 9.65. The van der Waals surface area contributed by atoms with Crippen molar-refractivity contribution in [1.29, 1.82) is 0 Å². The minimum atomic E-state index is -0.602. The molecule has 8 nitrogen and oxygen atoms in total. The number of aromatic amines is 1. The second-order valence-corrected chi connectivity index (χ2v) is 8.09. The van der Waals surface area contributed by atoms with Crippen LogP contribution in [0.2, 0.25) is 0 Å². The summed E-state index contributed by atoms with van der Waals surface area (Å²) in [5.74, 6) is -0.399. The lowest BCUT2D eigenvalue weighted by molar-refractivity contribution is -0.116. The van der Waals surface area contributed by atoms with E-state index in [4.69, 9.17) is 9.47 Å². The van der Waals surface area contributed by atoms with Crippen molar-refractivity contribution in [2.75, 3.05) is 19.5 Å². The van der Waals surface area contributed by atoms with Crippen LogP contribution in [0.1, 0.15) is 29.0 Å². The number of fused-ring (bicyclic) bond motifs is 1. The number of H-pyrrole nitrogens is 1. The maximum Gasteiger partial charge on any atom is 0.257 e. The van der Waals surface area contributed by atoms with Crippen molar-refractivity contribution in [1.82, 2.24) is 9.97 Å². The Balaban J connectivity index is 1.69. The van der Waals surface area contributed by atoms with Crippen molar-refractivity contribution in [2.45, 2.75) is 23.2 Å². The highest BCUT2D eigenvalue weighted by atomic mass is 32.2. The Kier molecular flexibility index (Phi) is 6.04. The summed E-state index contributed by atoms with van der Waals surface area (Å²) in [6, 6.07) is 9.18. The summed E-state index contributed by atoms with van der Waals surface area (Å²) in [5, 5.41) is 13.2. The Morgan fingerprint density at radius 1 is 1.16 bits per heavy atom. The summed E-state index contributed by atoms with van der Waals surface area (Å²) in [5.41, 5.74) is 1.37. The van der Waals surface area contributed by atoms with Crippen LogP contribution in [0.4, 0.5) is 10.2 Å². The van der Waals surface area contributed by atoms with Crippen molar-refractivity contribution in [3.63, 3.8) is 0 Å². The van der Waals surface area contributed by atoms with Crippen LogP contribution in [0.5, 0.6) is 17.2 Å². The lowest BCUT2D eigenvalue weighted by Gasteiger charge is -2.25. The number of carbonyl (C=O) groups excluding carboxylic acids is 1. The van der Waals surface area contributed by atoms with E-state index in [1.165, 1.54) is 38.1 Å². The highest BCUT2D eigenvalue weighted by Crippen LogP contribution is 2.43. The molecule has 3 aromatic rings. The molecule has 0 bridgehead atoms. The van der Waals surface area contributed by atoms with Crippen LogP contribution in [0.3, 0.4) is 0 Å². The number of hydrogen-bond acceptors (Lipinski definition) is 7. The van der Waals surface area contributed by atoms with Gasteiger partial charge in [-0.1, -0.05) is 23.9 Å². The zero-order valence-electron chi connectivity index (χ0n) is 17.3. The van der Waals surface area contributed by atoms with Gasteiger partial charge in [0.05, 0.1) is 19.8 Å². The van der Waals surface area contributed by atoms with E-state index in [9.17, 15) is 19.1 Å². The number of anilines is 1.